The van der Waals surface area contributed by atoms with Gasteiger partial charge in [0.1, 0.15) is 5.75 Å². The van der Waals surface area contributed by atoms with Crippen LogP contribution in [0.5, 0.6) is 11.8 Å². The number of carbonyl (C=O) groups is 1. The van der Waals surface area contributed by atoms with E-state index < -0.39 is 0 Å². The Balaban J connectivity index is 0.940. The largest absolute Gasteiger partial charge is 0.424 e. The predicted octanol–water partition coefficient (Wildman–Crippen LogP) is 5.17. The second-order valence-electron chi connectivity index (χ2n) is 12.2. The van der Waals surface area contributed by atoms with Crippen molar-refractivity contribution in [2.24, 2.45) is 23.2 Å². The van der Waals surface area contributed by atoms with Crippen LogP contribution in [-0.4, -0.2) is 66.9 Å². The van der Waals surface area contributed by atoms with Gasteiger partial charge < -0.3 is 30.2 Å². The Morgan fingerprint density at radius 2 is 1.30 bits per heavy atom. The molecule has 4 fully saturated rings. The molecular formula is C33H42N6O4. The summed E-state index contributed by atoms with van der Waals surface area (Å²) in [5.41, 5.74) is 1.000. The van der Waals surface area contributed by atoms with E-state index in [0.29, 0.717) is 68.1 Å². The smallest absolute Gasteiger partial charge is 0.328 e. The molecule has 4 aliphatic rings. The number of para-hydroxylation sites is 1. The third-order valence-electron chi connectivity index (χ3n) is 8.82. The number of nitrogens with one attached hydrogen (secondary N) is 3. The Bertz CT molecular complexity index is 1290. The lowest BCUT2D eigenvalue weighted by molar-refractivity contribution is -0.0445. The molecule has 10 nitrogen and oxygen atoms in total. The van der Waals surface area contributed by atoms with Gasteiger partial charge in [-0.25, -0.2) is 0 Å². The molecule has 3 N–H and O–H groups in total. The lowest BCUT2D eigenvalue weighted by Crippen LogP contribution is -2.49. The first kappa shape index (κ1) is 29.3. The molecule has 0 atom stereocenters. The van der Waals surface area contributed by atoms with Crippen molar-refractivity contribution in [3.8, 4) is 11.8 Å². The van der Waals surface area contributed by atoms with Crippen LogP contribution in [0.4, 0.5) is 11.9 Å². The third kappa shape index (κ3) is 8.20. The fourth-order valence-electron chi connectivity index (χ4n) is 7.41. The lowest BCUT2D eigenvalue weighted by Gasteiger charge is -2.56. The summed E-state index contributed by atoms with van der Waals surface area (Å²) in [6.07, 6.45) is 8.23. The van der Waals surface area contributed by atoms with E-state index in [1.807, 2.05) is 48.5 Å². The van der Waals surface area contributed by atoms with Crippen LogP contribution in [-0.2, 0) is 9.47 Å². The van der Waals surface area contributed by atoms with Crippen LogP contribution >= 0.6 is 0 Å². The summed E-state index contributed by atoms with van der Waals surface area (Å²) in [5.74, 6) is 4.24. The molecule has 7 rings (SSSR count). The average Bonchev–Trinajstić information content (AvgIpc) is 3.01. The van der Waals surface area contributed by atoms with E-state index in [2.05, 4.69) is 30.9 Å². The van der Waals surface area contributed by atoms with Crippen molar-refractivity contribution < 1.29 is 19.0 Å². The molecule has 0 saturated heterocycles. The molecule has 1 heterocycles. The highest BCUT2D eigenvalue weighted by atomic mass is 16.5. The zero-order valence-corrected chi connectivity index (χ0v) is 24.7. The molecule has 4 saturated carbocycles. The van der Waals surface area contributed by atoms with Crippen molar-refractivity contribution in [2.75, 3.05) is 56.7 Å². The number of carbonyl (C=O) groups excluding carboxylic acids is 1. The van der Waals surface area contributed by atoms with Crippen LogP contribution in [0.1, 0.15) is 48.9 Å². The summed E-state index contributed by atoms with van der Waals surface area (Å²) in [5, 5.41) is 9.66. The minimum atomic E-state index is -0.103. The molecule has 0 aliphatic heterocycles. The fourth-order valence-corrected chi connectivity index (χ4v) is 7.41. The van der Waals surface area contributed by atoms with E-state index in [9.17, 15) is 4.79 Å². The van der Waals surface area contributed by atoms with Crippen LogP contribution < -0.4 is 20.7 Å². The Morgan fingerprint density at radius 1 is 0.721 bits per heavy atom. The van der Waals surface area contributed by atoms with Crippen LogP contribution in [0.25, 0.3) is 0 Å². The fraction of sp³-hybridized carbons (Fsp3) is 0.515. The van der Waals surface area contributed by atoms with Gasteiger partial charge >= 0.3 is 6.01 Å². The molecule has 3 aromatic rings. The Morgan fingerprint density at radius 3 is 1.95 bits per heavy atom. The second kappa shape index (κ2) is 14.1. The first-order valence-electron chi connectivity index (χ1n) is 15.6. The highest BCUT2D eigenvalue weighted by Crippen LogP contribution is 2.59. The molecule has 43 heavy (non-hydrogen) atoms. The maximum absolute atomic E-state index is 12.0. The van der Waals surface area contributed by atoms with E-state index in [-0.39, 0.29) is 11.9 Å². The van der Waals surface area contributed by atoms with Crippen molar-refractivity contribution in [2.45, 2.75) is 38.5 Å². The predicted molar refractivity (Wildman–Crippen MR) is 164 cm³/mol. The highest BCUT2D eigenvalue weighted by Gasteiger charge is 2.50. The lowest BCUT2D eigenvalue weighted by atomic mass is 9.49. The number of benzene rings is 2. The van der Waals surface area contributed by atoms with Crippen molar-refractivity contribution >= 4 is 17.8 Å². The van der Waals surface area contributed by atoms with Gasteiger partial charge in [0.15, 0.2) is 0 Å². The van der Waals surface area contributed by atoms with Crippen molar-refractivity contribution in [3.05, 3.63) is 66.2 Å². The maximum Gasteiger partial charge on any atom is 0.328 e. The standard InChI is InChI=1S/C33H42N6O4/c40-29(27-7-3-1-4-8-27)34-11-13-41-15-16-42-14-12-35-30-37-31(39-32(38-30)43-28-9-5-2-6-10-28)36-23-33-20-24-17-25(21-33)19-26(18-24)22-33/h1-10,24-26H,11-23H2,(H,34,40)(H2,35,36,37,38,39). The topological polar surface area (TPSA) is 120 Å². The van der Waals surface area contributed by atoms with Crippen molar-refractivity contribution in [1.29, 1.82) is 0 Å². The quantitative estimate of drug-likeness (QED) is 0.195. The Hall–Kier alpha value is -3.76. The molecule has 10 heteroatoms. The number of aromatic nitrogens is 3. The number of amides is 1. The normalized spacial score (nSPS) is 23.6. The van der Waals surface area contributed by atoms with Gasteiger partial charge in [0.05, 0.1) is 26.4 Å². The molecule has 0 radical (unpaired) electrons. The minimum Gasteiger partial charge on any atom is -0.424 e. The highest BCUT2D eigenvalue weighted by molar-refractivity contribution is 5.94. The van der Waals surface area contributed by atoms with E-state index in [1.165, 1.54) is 38.5 Å². The van der Waals surface area contributed by atoms with Crippen LogP contribution in [0.15, 0.2) is 60.7 Å². The number of hydrogen-bond acceptors (Lipinski definition) is 9. The van der Waals surface area contributed by atoms with Crippen molar-refractivity contribution in [1.82, 2.24) is 20.3 Å². The van der Waals surface area contributed by atoms with Gasteiger partial charge in [0.25, 0.3) is 5.91 Å². The molecular weight excluding hydrogens is 544 g/mol. The van der Waals surface area contributed by atoms with Gasteiger partial charge in [-0.2, -0.15) is 15.0 Å². The van der Waals surface area contributed by atoms with Gasteiger partial charge in [-0.1, -0.05) is 36.4 Å². The van der Waals surface area contributed by atoms with E-state index in [4.69, 9.17) is 14.2 Å². The molecule has 1 amide bonds. The molecule has 228 valence electrons. The van der Waals surface area contributed by atoms with Crippen molar-refractivity contribution in [3.63, 3.8) is 0 Å². The maximum atomic E-state index is 12.0. The first-order chi connectivity index (χ1) is 21.1. The molecule has 1 aromatic heterocycles. The summed E-state index contributed by atoms with van der Waals surface area (Å²) in [6.45, 7) is 3.65. The van der Waals surface area contributed by atoms with Gasteiger partial charge in [-0.15, -0.1) is 0 Å². The molecule has 4 bridgehead atoms. The summed E-state index contributed by atoms with van der Waals surface area (Å²) < 4.78 is 17.2. The van der Waals surface area contributed by atoms with Crippen LogP contribution in [0, 0.1) is 23.2 Å². The summed E-state index contributed by atoms with van der Waals surface area (Å²) in [7, 11) is 0. The Labute approximate surface area is 253 Å². The molecule has 0 spiro atoms. The zero-order chi connectivity index (χ0) is 29.3. The number of nitrogens with zero attached hydrogens (tertiary/aromatic N) is 3. The van der Waals surface area contributed by atoms with Crippen LogP contribution in [0.3, 0.4) is 0 Å². The SMILES string of the molecule is O=C(NCCOCCOCCNc1nc(NCC23CC4CC(CC(C4)C2)C3)nc(Oc2ccccc2)n1)c1ccccc1. The average molecular weight is 587 g/mol. The van der Waals surface area contributed by atoms with Gasteiger partial charge in [-0.05, 0) is 86.0 Å². The third-order valence-corrected chi connectivity index (χ3v) is 8.82. The Kier molecular flexibility index (Phi) is 9.64. The summed E-state index contributed by atoms with van der Waals surface area (Å²) >= 11 is 0. The number of rotatable bonds is 16. The zero-order valence-electron chi connectivity index (χ0n) is 24.7. The van der Waals surface area contributed by atoms with E-state index in [0.717, 1.165) is 24.3 Å². The van der Waals surface area contributed by atoms with E-state index >= 15 is 0 Å². The number of anilines is 2. The molecule has 4 aliphatic carbocycles. The van der Waals surface area contributed by atoms with Crippen LogP contribution in [0.2, 0.25) is 0 Å². The first-order valence-corrected chi connectivity index (χ1v) is 15.6. The monoisotopic (exact) mass is 586 g/mol. The summed E-state index contributed by atoms with van der Waals surface area (Å²) in [4.78, 5) is 25.8. The van der Waals surface area contributed by atoms with Gasteiger partial charge in [-0.3, -0.25) is 4.79 Å². The number of ether oxygens (including phenoxy) is 3. The molecule has 0 unspecified atom stereocenters. The van der Waals surface area contributed by atoms with E-state index in [1.54, 1.807) is 12.1 Å². The van der Waals surface area contributed by atoms with Gasteiger partial charge in [0, 0.05) is 25.2 Å². The molecule has 2 aromatic carbocycles. The van der Waals surface area contributed by atoms with Gasteiger partial charge in [0.2, 0.25) is 11.9 Å². The minimum absolute atomic E-state index is 0.103. The second-order valence-corrected chi connectivity index (χ2v) is 12.2. The summed E-state index contributed by atoms with van der Waals surface area (Å²) in [6, 6.07) is 18.9. The number of hydrogen-bond donors (Lipinski definition) is 3.